The Morgan fingerprint density at radius 1 is 1.31 bits per heavy atom. The van der Waals surface area contributed by atoms with E-state index in [1.165, 1.54) is 18.3 Å². The highest BCUT2D eigenvalue weighted by atomic mass is 35.5. The van der Waals surface area contributed by atoms with E-state index in [0.717, 1.165) is 6.07 Å². The summed E-state index contributed by atoms with van der Waals surface area (Å²) in [5, 5.41) is 7.43. The van der Waals surface area contributed by atoms with E-state index in [1.807, 2.05) is 0 Å². The van der Waals surface area contributed by atoms with Gasteiger partial charge in [0.05, 0.1) is 22.8 Å². The molecule has 0 saturated heterocycles. The molecule has 0 unspecified atom stereocenters. The number of rotatable bonds is 7. The summed E-state index contributed by atoms with van der Waals surface area (Å²) in [5.41, 5.74) is 0. The van der Waals surface area contributed by atoms with Crippen molar-refractivity contribution in [3.63, 3.8) is 0 Å². The third-order valence-corrected chi connectivity index (χ3v) is 3.87. The highest BCUT2D eigenvalue weighted by Gasteiger charge is 2.12. The number of amides is 1. The van der Waals surface area contributed by atoms with Crippen molar-refractivity contribution in [3.8, 4) is 5.75 Å². The summed E-state index contributed by atoms with van der Waals surface area (Å²) in [7, 11) is 0. The molecule has 6 nitrogen and oxygen atoms in total. The van der Waals surface area contributed by atoms with Gasteiger partial charge in [0.15, 0.2) is 5.76 Å². The van der Waals surface area contributed by atoms with Crippen molar-refractivity contribution in [2.24, 2.45) is 0 Å². The highest BCUT2D eigenvalue weighted by molar-refractivity contribution is 6.32. The van der Waals surface area contributed by atoms with Crippen molar-refractivity contribution in [1.82, 2.24) is 15.1 Å². The van der Waals surface area contributed by atoms with Crippen LogP contribution in [-0.4, -0.2) is 22.2 Å². The lowest BCUT2D eigenvalue weighted by Gasteiger charge is -2.06. The molecule has 3 aromatic rings. The Bertz CT molecular complexity index is 910. The molecule has 0 aliphatic heterocycles. The summed E-state index contributed by atoms with van der Waals surface area (Å²) < 4.78 is 25.5. The van der Waals surface area contributed by atoms with Gasteiger partial charge in [-0.15, -0.1) is 0 Å². The number of hydrogen-bond acceptors (Lipinski definition) is 4. The Morgan fingerprint density at radius 2 is 2.15 bits per heavy atom. The molecule has 9 heteroatoms. The Hall–Kier alpha value is -2.51. The molecule has 0 atom stereocenters. The third-order valence-electron chi connectivity index (χ3n) is 3.38. The summed E-state index contributed by atoms with van der Waals surface area (Å²) in [4.78, 5) is 12.1. The Morgan fingerprint density at radius 3 is 2.88 bits per heavy atom. The van der Waals surface area contributed by atoms with E-state index in [9.17, 15) is 9.18 Å². The molecule has 0 fully saturated rings. The molecule has 3 rings (SSSR count). The summed E-state index contributed by atoms with van der Waals surface area (Å²) in [6, 6.07) is 7.00. The van der Waals surface area contributed by atoms with Crippen molar-refractivity contribution >= 4 is 29.1 Å². The second-order valence-electron chi connectivity index (χ2n) is 5.31. The molecule has 136 valence electrons. The fourth-order valence-electron chi connectivity index (χ4n) is 2.15. The van der Waals surface area contributed by atoms with Crippen LogP contribution in [0, 0.1) is 5.82 Å². The molecule has 1 N–H and O–H groups in total. The molecular formula is C17H14Cl2FN3O3. The molecule has 0 saturated carbocycles. The molecule has 0 bridgehead atoms. The maximum Gasteiger partial charge on any atom is 0.287 e. The molecule has 1 aromatic carbocycles. The van der Waals surface area contributed by atoms with Gasteiger partial charge in [-0.05, 0) is 30.3 Å². The van der Waals surface area contributed by atoms with Gasteiger partial charge in [-0.25, -0.2) is 4.39 Å². The fraction of sp³-hybridized carbons (Fsp3) is 0.176. The van der Waals surface area contributed by atoms with E-state index in [1.54, 1.807) is 23.0 Å². The summed E-state index contributed by atoms with van der Waals surface area (Å²) in [5.74, 6) is 0.126. The number of carbonyl (C=O) groups is 1. The monoisotopic (exact) mass is 397 g/mol. The van der Waals surface area contributed by atoms with E-state index in [0.29, 0.717) is 29.6 Å². The van der Waals surface area contributed by atoms with Crippen LogP contribution in [-0.2, 0) is 13.2 Å². The van der Waals surface area contributed by atoms with Crippen LogP contribution < -0.4 is 10.1 Å². The SMILES string of the molecule is O=C(NCCn1cc(Cl)cn1)c1ccc(COc2ccc(F)cc2Cl)o1. The highest BCUT2D eigenvalue weighted by Crippen LogP contribution is 2.25. The van der Waals surface area contributed by atoms with Gasteiger partial charge in [0.25, 0.3) is 5.91 Å². The average molecular weight is 398 g/mol. The van der Waals surface area contributed by atoms with Crippen molar-refractivity contribution in [2.75, 3.05) is 6.54 Å². The molecule has 1 amide bonds. The van der Waals surface area contributed by atoms with Crippen LogP contribution >= 0.6 is 23.2 Å². The van der Waals surface area contributed by atoms with Crippen LogP contribution in [0.5, 0.6) is 5.75 Å². The standard InChI is InChI=1S/C17H14Cl2FN3O3/c18-11-8-22-23(9-11)6-5-21-17(24)16-4-2-13(26-16)10-25-15-3-1-12(20)7-14(15)19/h1-4,7-9H,5-6,10H2,(H,21,24). The number of halogens is 3. The van der Waals surface area contributed by atoms with Crippen LogP contribution in [0.2, 0.25) is 10.0 Å². The predicted octanol–water partition coefficient (Wildman–Crippen LogP) is 3.93. The number of furan rings is 1. The normalized spacial score (nSPS) is 10.7. The lowest BCUT2D eigenvalue weighted by Crippen LogP contribution is -2.27. The molecule has 2 aromatic heterocycles. The second kappa shape index (κ2) is 8.25. The smallest absolute Gasteiger partial charge is 0.287 e. The Balaban J connectivity index is 1.49. The molecule has 2 heterocycles. The average Bonchev–Trinajstić information content (AvgIpc) is 3.23. The zero-order valence-electron chi connectivity index (χ0n) is 13.4. The van der Waals surface area contributed by atoms with Gasteiger partial charge in [0, 0.05) is 12.7 Å². The van der Waals surface area contributed by atoms with Crippen molar-refractivity contribution < 1.29 is 18.3 Å². The van der Waals surface area contributed by atoms with Gasteiger partial charge >= 0.3 is 0 Å². The molecule has 0 aliphatic carbocycles. The van der Waals surface area contributed by atoms with Gasteiger partial charge in [-0.1, -0.05) is 23.2 Å². The van der Waals surface area contributed by atoms with E-state index >= 15 is 0 Å². The number of aromatic nitrogens is 2. The van der Waals surface area contributed by atoms with Crippen LogP contribution in [0.3, 0.4) is 0 Å². The lowest BCUT2D eigenvalue weighted by atomic mass is 10.3. The minimum absolute atomic E-state index is 0.0599. The predicted molar refractivity (Wildman–Crippen MR) is 94.0 cm³/mol. The molecule has 26 heavy (non-hydrogen) atoms. The Labute approximate surface area is 158 Å². The molecule has 0 aliphatic rings. The largest absolute Gasteiger partial charge is 0.484 e. The number of ether oxygens (including phenoxy) is 1. The first kappa shape index (κ1) is 18.3. The summed E-state index contributed by atoms with van der Waals surface area (Å²) >= 11 is 11.7. The van der Waals surface area contributed by atoms with Crippen molar-refractivity contribution in [2.45, 2.75) is 13.2 Å². The first-order valence-corrected chi connectivity index (χ1v) is 8.39. The molecule has 0 radical (unpaired) electrons. The van der Waals surface area contributed by atoms with Gasteiger partial charge < -0.3 is 14.5 Å². The van der Waals surface area contributed by atoms with Gasteiger partial charge in [-0.2, -0.15) is 5.10 Å². The number of carbonyl (C=O) groups excluding carboxylic acids is 1. The molecule has 0 spiro atoms. The summed E-state index contributed by atoms with van der Waals surface area (Å²) in [6.07, 6.45) is 3.19. The Kier molecular flexibility index (Phi) is 5.80. The number of nitrogens with zero attached hydrogens (tertiary/aromatic N) is 2. The van der Waals surface area contributed by atoms with Gasteiger partial charge in [0.1, 0.15) is 23.9 Å². The zero-order valence-corrected chi connectivity index (χ0v) is 14.9. The topological polar surface area (TPSA) is 69.3 Å². The lowest BCUT2D eigenvalue weighted by molar-refractivity contribution is 0.0920. The third kappa shape index (κ3) is 4.77. The first-order chi connectivity index (χ1) is 12.5. The van der Waals surface area contributed by atoms with Crippen LogP contribution in [0.1, 0.15) is 16.3 Å². The van der Waals surface area contributed by atoms with Gasteiger partial charge in [0.2, 0.25) is 0 Å². The number of benzene rings is 1. The minimum Gasteiger partial charge on any atom is -0.484 e. The first-order valence-electron chi connectivity index (χ1n) is 7.64. The van der Waals surface area contributed by atoms with E-state index < -0.39 is 5.82 Å². The number of nitrogens with one attached hydrogen (secondary N) is 1. The van der Waals surface area contributed by atoms with Crippen LogP contribution in [0.25, 0.3) is 0 Å². The minimum atomic E-state index is -0.448. The van der Waals surface area contributed by atoms with E-state index in [2.05, 4.69) is 10.4 Å². The number of hydrogen-bond donors (Lipinski definition) is 1. The van der Waals surface area contributed by atoms with Gasteiger partial charge in [-0.3, -0.25) is 9.48 Å². The zero-order chi connectivity index (χ0) is 18.5. The van der Waals surface area contributed by atoms with E-state index in [-0.39, 0.29) is 23.3 Å². The fourth-order valence-corrected chi connectivity index (χ4v) is 2.53. The summed E-state index contributed by atoms with van der Waals surface area (Å²) in [6.45, 7) is 0.914. The van der Waals surface area contributed by atoms with Crippen LogP contribution in [0.15, 0.2) is 47.1 Å². The maximum atomic E-state index is 13.0. The van der Waals surface area contributed by atoms with Crippen molar-refractivity contribution in [1.29, 1.82) is 0 Å². The maximum absolute atomic E-state index is 13.0. The van der Waals surface area contributed by atoms with Crippen LogP contribution in [0.4, 0.5) is 4.39 Å². The quantitative estimate of drug-likeness (QED) is 0.655. The van der Waals surface area contributed by atoms with E-state index in [4.69, 9.17) is 32.4 Å². The van der Waals surface area contributed by atoms with Crippen molar-refractivity contribution in [3.05, 3.63) is 70.1 Å². The second-order valence-corrected chi connectivity index (χ2v) is 6.15. The molecular weight excluding hydrogens is 384 g/mol.